The molecule has 0 spiro atoms. The molecule has 0 radical (unpaired) electrons. The fourth-order valence-electron chi connectivity index (χ4n) is 1.96. The lowest BCUT2D eigenvalue weighted by Gasteiger charge is -2.13. The normalized spacial score (nSPS) is 10.5. The first-order chi connectivity index (χ1) is 10.1. The Morgan fingerprint density at radius 1 is 1.05 bits per heavy atom. The van der Waals surface area contributed by atoms with Crippen molar-refractivity contribution in [3.63, 3.8) is 0 Å². The van der Waals surface area contributed by atoms with Crippen LogP contribution >= 0.6 is 23.2 Å². The zero-order chi connectivity index (χ0) is 15.2. The van der Waals surface area contributed by atoms with Gasteiger partial charge in [0.1, 0.15) is 6.61 Å². The summed E-state index contributed by atoms with van der Waals surface area (Å²) in [5, 5.41) is 1.25. The van der Waals surface area contributed by atoms with Gasteiger partial charge in [-0.2, -0.15) is 0 Å². The van der Waals surface area contributed by atoms with E-state index in [-0.39, 0.29) is 0 Å². The van der Waals surface area contributed by atoms with Crippen molar-refractivity contribution in [2.24, 2.45) is 5.73 Å². The Kier molecular flexibility index (Phi) is 5.74. The SMILES string of the molecule is COc1cc(CCN)ccc1OCc1cc(Cl)ccc1Cl. The zero-order valence-electron chi connectivity index (χ0n) is 11.7. The lowest BCUT2D eigenvalue weighted by molar-refractivity contribution is 0.284. The molecule has 0 aliphatic rings. The Morgan fingerprint density at radius 2 is 1.86 bits per heavy atom. The van der Waals surface area contributed by atoms with Gasteiger partial charge in [0.05, 0.1) is 7.11 Å². The third-order valence-electron chi connectivity index (χ3n) is 3.05. The van der Waals surface area contributed by atoms with Crippen LogP contribution in [0, 0.1) is 0 Å². The lowest BCUT2D eigenvalue weighted by Crippen LogP contribution is -2.03. The molecule has 2 rings (SSSR count). The number of rotatable bonds is 6. The van der Waals surface area contributed by atoms with Crippen molar-refractivity contribution in [3.8, 4) is 11.5 Å². The third-order valence-corrected chi connectivity index (χ3v) is 3.66. The molecule has 0 aromatic heterocycles. The van der Waals surface area contributed by atoms with E-state index in [9.17, 15) is 0 Å². The molecule has 112 valence electrons. The first-order valence-corrected chi connectivity index (χ1v) is 7.33. The summed E-state index contributed by atoms with van der Waals surface area (Å²) in [6, 6.07) is 11.1. The van der Waals surface area contributed by atoms with Crippen LogP contribution < -0.4 is 15.2 Å². The topological polar surface area (TPSA) is 44.5 Å². The predicted molar refractivity (Wildman–Crippen MR) is 86.5 cm³/mol. The number of hydrogen-bond donors (Lipinski definition) is 1. The molecule has 0 unspecified atom stereocenters. The Balaban J connectivity index is 2.14. The smallest absolute Gasteiger partial charge is 0.161 e. The van der Waals surface area contributed by atoms with Crippen LogP contribution in [0.1, 0.15) is 11.1 Å². The summed E-state index contributed by atoms with van der Waals surface area (Å²) in [6.07, 6.45) is 0.802. The van der Waals surface area contributed by atoms with E-state index >= 15 is 0 Å². The van der Waals surface area contributed by atoms with Crippen LogP contribution in [0.3, 0.4) is 0 Å². The Labute approximate surface area is 134 Å². The van der Waals surface area contributed by atoms with Crippen LogP contribution in [0.2, 0.25) is 10.0 Å². The summed E-state index contributed by atoms with van der Waals surface area (Å²) in [5.74, 6) is 1.34. The first-order valence-electron chi connectivity index (χ1n) is 6.57. The van der Waals surface area contributed by atoms with Crippen LogP contribution in [0.15, 0.2) is 36.4 Å². The first kappa shape index (κ1) is 16.0. The number of nitrogens with two attached hydrogens (primary N) is 1. The number of methoxy groups -OCH3 is 1. The molecule has 2 aromatic rings. The van der Waals surface area contributed by atoms with E-state index in [4.69, 9.17) is 38.4 Å². The van der Waals surface area contributed by atoms with Crippen molar-refractivity contribution in [2.45, 2.75) is 13.0 Å². The summed E-state index contributed by atoms with van der Waals surface area (Å²) in [6.45, 7) is 0.924. The fraction of sp³-hybridized carbons (Fsp3) is 0.250. The van der Waals surface area contributed by atoms with Crippen LogP contribution in [-0.2, 0) is 13.0 Å². The highest BCUT2D eigenvalue weighted by atomic mass is 35.5. The molecular weight excluding hydrogens is 309 g/mol. The van der Waals surface area contributed by atoms with E-state index in [1.54, 1.807) is 25.3 Å². The quantitative estimate of drug-likeness (QED) is 0.870. The highest BCUT2D eigenvalue weighted by Gasteiger charge is 2.08. The standard InChI is InChI=1S/C16H17Cl2NO2/c1-20-16-8-11(6-7-19)2-5-15(16)21-10-12-9-13(17)3-4-14(12)18/h2-5,8-9H,6-7,10,19H2,1H3. The molecule has 5 heteroatoms. The minimum atomic E-state index is 0.325. The maximum atomic E-state index is 6.12. The Morgan fingerprint density at radius 3 is 2.57 bits per heavy atom. The van der Waals surface area contributed by atoms with Crippen LogP contribution in [-0.4, -0.2) is 13.7 Å². The largest absolute Gasteiger partial charge is 0.493 e. The molecule has 21 heavy (non-hydrogen) atoms. The minimum absolute atomic E-state index is 0.325. The predicted octanol–water partition coefficient (Wildman–Crippen LogP) is 4.08. The second-order valence-electron chi connectivity index (χ2n) is 4.55. The second kappa shape index (κ2) is 7.55. The molecule has 0 bridgehead atoms. The number of ether oxygens (including phenoxy) is 2. The van der Waals surface area contributed by atoms with Gasteiger partial charge in [-0.05, 0) is 48.9 Å². The average Bonchev–Trinajstić information content (AvgIpc) is 2.49. The minimum Gasteiger partial charge on any atom is -0.493 e. The van der Waals surface area contributed by atoms with Gasteiger partial charge in [-0.15, -0.1) is 0 Å². The van der Waals surface area contributed by atoms with Gasteiger partial charge in [-0.1, -0.05) is 29.3 Å². The summed E-state index contributed by atoms with van der Waals surface area (Å²) >= 11 is 12.1. The van der Waals surface area contributed by atoms with Gasteiger partial charge in [0, 0.05) is 15.6 Å². The van der Waals surface area contributed by atoms with Crippen molar-refractivity contribution in [1.82, 2.24) is 0 Å². The maximum Gasteiger partial charge on any atom is 0.161 e. The molecule has 0 amide bonds. The number of halogens is 2. The van der Waals surface area contributed by atoms with Gasteiger partial charge in [-0.25, -0.2) is 0 Å². The number of hydrogen-bond acceptors (Lipinski definition) is 3. The molecule has 0 fully saturated rings. The molecule has 2 aromatic carbocycles. The highest BCUT2D eigenvalue weighted by Crippen LogP contribution is 2.30. The monoisotopic (exact) mass is 325 g/mol. The molecule has 0 aliphatic carbocycles. The molecule has 0 atom stereocenters. The van der Waals surface area contributed by atoms with E-state index in [0.717, 1.165) is 17.5 Å². The van der Waals surface area contributed by atoms with Crippen molar-refractivity contribution in [2.75, 3.05) is 13.7 Å². The maximum absolute atomic E-state index is 6.12. The third kappa shape index (κ3) is 4.27. The highest BCUT2D eigenvalue weighted by molar-refractivity contribution is 6.33. The van der Waals surface area contributed by atoms with E-state index in [1.165, 1.54) is 0 Å². The van der Waals surface area contributed by atoms with Crippen LogP contribution in [0.4, 0.5) is 0 Å². The molecule has 3 nitrogen and oxygen atoms in total. The molecule has 0 heterocycles. The molecular formula is C16H17Cl2NO2. The number of benzene rings is 2. The Hall–Kier alpha value is -1.42. The summed E-state index contributed by atoms with van der Waals surface area (Å²) in [7, 11) is 1.61. The molecule has 0 aliphatic heterocycles. The van der Waals surface area contributed by atoms with Gasteiger partial charge in [0.15, 0.2) is 11.5 Å². The molecule has 0 saturated carbocycles. The van der Waals surface area contributed by atoms with Crippen molar-refractivity contribution >= 4 is 23.2 Å². The summed E-state index contributed by atoms with van der Waals surface area (Å²) < 4.78 is 11.1. The summed E-state index contributed by atoms with van der Waals surface area (Å²) in [5.41, 5.74) is 7.50. The molecule has 2 N–H and O–H groups in total. The van der Waals surface area contributed by atoms with Gasteiger partial charge in [0.25, 0.3) is 0 Å². The average molecular weight is 326 g/mol. The van der Waals surface area contributed by atoms with Crippen LogP contribution in [0.5, 0.6) is 11.5 Å². The summed E-state index contributed by atoms with van der Waals surface area (Å²) in [4.78, 5) is 0. The lowest BCUT2D eigenvalue weighted by atomic mass is 10.1. The Bertz CT molecular complexity index is 617. The van der Waals surface area contributed by atoms with Gasteiger partial charge >= 0.3 is 0 Å². The van der Waals surface area contributed by atoms with E-state index in [1.807, 2.05) is 18.2 Å². The van der Waals surface area contributed by atoms with E-state index in [0.29, 0.717) is 34.7 Å². The van der Waals surface area contributed by atoms with Crippen molar-refractivity contribution in [1.29, 1.82) is 0 Å². The van der Waals surface area contributed by atoms with Gasteiger partial charge in [-0.3, -0.25) is 0 Å². The molecule has 0 saturated heterocycles. The van der Waals surface area contributed by atoms with E-state index in [2.05, 4.69) is 0 Å². The second-order valence-corrected chi connectivity index (χ2v) is 5.39. The van der Waals surface area contributed by atoms with E-state index < -0.39 is 0 Å². The van der Waals surface area contributed by atoms with Gasteiger partial charge < -0.3 is 15.2 Å². The van der Waals surface area contributed by atoms with Crippen molar-refractivity contribution in [3.05, 3.63) is 57.6 Å². The van der Waals surface area contributed by atoms with Gasteiger partial charge in [0.2, 0.25) is 0 Å². The van der Waals surface area contributed by atoms with Crippen molar-refractivity contribution < 1.29 is 9.47 Å². The van der Waals surface area contributed by atoms with Crippen LogP contribution in [0.25, 0.3) is 0 Å². The fourth-order valence-corrected chi connectivity index (χ4v) is 2.33. The zero-order valence-corrected chi connectivity index (χ0v) is 13.2.